The molecule has 4 nitrogen and oxygen atoms in total. The molecule has 4 rings (SSSR count). The zero-order valence-electron chi connectivity index (χ0n) is 19.0. The maximum atomic E-state index is 13.4. The van der Waals surface area contributed by atoms with Crippen LogP contribution in [0.4, 0.5) is 0 Å². The molecule has 0 aliphatic carbocycles. The summed E-state index contributed by atoms with van der Waals surface area (Å²) in [6.45, 7) is 7.46. The van der Waals surface area contributed by atoms with Gasteiger partial charge in [0.25, 0.3) is 0 Å². The van der Waals surface area contributed by atoms with E-state index in [-0.39, 0.29) is 5.78 Å². The van der Waals surface area contributed by atoms with Crippen LogP contribution in [-0.2, 0) is 4.74 Å². The second-order valence-corrected chi connectivity index (χ2v) is 9.18. The Kier molecular flexibility index (Phi) is 6.43. The number of ketones is 1. The van der Waals surface area contributed by atoms with Crippen molar-refractivity contribution in [3.63, 3.8) is 0 Å². The first-order valence-electron chi connectivity index (χ1n) is 10.7. The Labute approximate surface area is 201 Å². The summed E-state index contributed by atoms with van der Waals surface area (Å²) in [5, 5.41) is 0.678. The quantitative estimate of drug-likeness (QED) is 0.218. The van der Waals surface area contributed by atoms with E-state index in [0.29, 0.717) is 33.3 Å². The van der Waals surface area contributed by atoms with Crippen LogP contribution < -0.4 is 0 Å². The van der Waals surface area contributed by atoms with E-state index in [4.69, 9.17) is 9.72 Å². The fraction of sp³-hybridized carbons (Fsp3) is 0.179. The average molecular weight is 502 g/mol. The van der Waals surface area contributed by atoms with Crippen LogP contribution in [-0.4, -0.2) is 22.8 Å². The lowest BCUT2D eigenvalue weighted by Crippen LogP contribution is -2.25. The second-order valence-electron chi connectivity index (χ2n) is 8.27. The largest absolute Gasteiger partial charge is 0.451 e. The van der Waals surface area contributed by atoms with Crippen LogP contribution in [0.3, 0.4) is 0 Å². The number of ether oxygens (including phenoxy) is 1. The van der Waals surface area contributed by atoms with Gasteiger partial charge in [-0.3, -0.25) is 4.79 Å². The highest BCUT2D eigenvalue weighted by Crippen LogP contribution is 2.32. The Morgan fingerprint density at radius 2 is 1.48 bits per heavy atom. The van der Waals surface area contributed by atoms with Crippen molar-refractivity contribution in [1.29, 1.82) is 0 Å². The Balaban J connectivity index is 1.76. The molecule has 0 N–H and O–H groups in total. The summed E-state index contributed by atoms with van der Waals surface area (Å²) in [6.07, 6.45) is -0.919. The molecule has 0 unspecified atom stereocenters. The average Bonchev–Trinajstić information content (AvgIpc) is 2.79. The summed E-state index contributed by atoms with van der Waals surface area (Å²) in [7, 11) is 0. The minimum Gasteiger partial charge on any atom is -0.451 e. The third kappa shape index (κ3) is 4.74. The molecule has 1 heterocycles. The SMILES string of the molecule is Cc1ccc(C(=O)[C@H](C)OC(=O)c2c(C)c(-c3ccc(C)cc3)nc3ccc(Br)cc23)cc1. The van der Waals surface area contributed by atoms with Gasteiger partial charge in [-0.25, -0.2) is 9.78 Å². The van der Waals surface area contributed by atoms with Crippen molar-refractivity contribution in [2.75, 3.05) is 0 Å². The Hall–Kier alpha value is -3.31. The fourth-order valence-electron chi connectivity index (χ4n) is 3.81. The number of fused-ring (bicyclic) bond motifs is 1. The molecule has 166 valence electrons. The van der Waals surface area contributed by atoms with Crippen molar-refractivity contribution in [2.24, 2.45) is 0 Å². The van der Waals surface area contributed by atoms with Crippen LogP contribution in [0.2, 0.25) is 0 Å². The molecular weight excluding hydrogens is 478 g/mol. The topological polar surface area (TPSA) is 56.3 Å². The van der Waals surface area contributed by atoms with E-state index in [2.05, 4.69) is 15.9 Å². The molecule has 0 fully saturated rings. The van der Waals surface area contributed by atoms with E-state index in [1.54, 1.807) is 19.1 Å². The van der Waals surface area contributed by atoms with Gasteiger partial charge in [-0.05, 0) is 51.5 Å². The first kappa shape index (κ1) is 22.9. The number of esters is 1. The monoisotopic (exact) mass is 501 g/mol. The predicted molar refractivity (Wildman–Crippen MR) is 135 cm³/mol. The van der Waals surface area contributed by atoms with E-state index in [0.717, 1.165) is 21.2 Å². The standard InChI is InChI=1S/C28H24BrNO3/c1-16-5-9-20(10-6-16)26-18(3)25(23-15-22(29)13-14-24(23)30-26)28(32)33-19(4)27(31)21-11-7-17(2)8-12-21/h5-15,19H,1-4H3/t19-/m0/s1. The lowest BCUT2D eigenvalue weighted by molar-refractivity contribution is 0.0320. The molecule has 0 saturated carbocycles. The minimum atomic E-state index is -0.919. The van der Waals surface area contributed by atoms with E-state index in [1.165, 1.54) is 0 Å². The molecule has 1 aromatic heterocycles. The Morgan fingerprint density at radius 3 is 2.12 bits per heavy atom. The molecule has 5 heteroatoms. The molecule has 1 atom stereocenters. The predicted octanol–water partition coefficient (Wildman–Crippen LogP) is 7.02. The number of hydrogen-bond donors (Lipinski definition) is 0. The number of aryl methyl sites for hydroxylation is 2. The van der Waals surface area contributed by atoms with Gasteiger partial charge in [-0.15, -0.1) is 0 Å². The first-order chi connectivity index (χ1) is 15.7. The van der Waals surface area contributed by atoms with Gasteiger partial charge in [-0.1, -0.05) is 75.6 Å². The second kappa shape index (κ2) is 9.28. The number of carbonyl (C=O) groups is 2. The van der Waals surface area contributed by atoms with Crippen LogP contribution in [0.15, 0.2) is 71.2 Å². The highest BCUT2D eigenvalue weighted by molar-refractivity contribution is 9.10. The number of nitrogens with zero attached hydrogens (tertiary/aromatic N) is 1. The molecule has 0 aliphatic rings. The van der Waals surface area contributed by atoms with Gasteiger partial charge in [-0.2, -0.15) is 0 Å². The van der Waals surface area contributed by atoms with Crippen molar-refractivity contribution in [2.45, 2.75) is 33.8 Å². The van der Waals surface area contributed by atoms with E-state index >= 15 is 0 Å². The Bertz CT molecular complexity index is 1360. The smallest absolute Gasteiger partial charge is 0.339 e. The molecule has 0 saturated heterocycles. The number of carbonyl (C=O) groups excluding carboxylic acids is 2. The third-order valence-corrected chi connectivity index (χ3v) is 6.20. The summed E-state index contributed by atoms with van der Waals surface area (Å²) >= 11 is 3.49. The van der Waals surface area contributed by atoms with Gasteiger partial charge in [0, 0.05) is 21.0 Å². The number of pyridine rings is 1. The normalized spacial score (nSPS) is 11.9. The van der Waals surface area contributed by atoms with Gasteiger partial charge in [0.05, 0.1) is 16.8 Å². The summed E-state index contributed by atoms with van der Waals surface area (Å²) in [5.41, 5.74) is 6.16. The number of benzene rings is 3. The van der Waals surface area contributed by atoms with Crippen LogP contribution in [0.5, 0.6) is 0 Å². The Morgan fingerprint density at radius 1 is 0.879 bits per heavy atom. The summed E-state index contributed by atoms with van der Waals surface area (Å²) in [6, 6.07) is 20.9. The van der Waals surface area contributed by atoms with Gasteiger partial charge in [0.15, 0.2) is 6.10 Å². The summed E-state index contributed by atoms with van der Waals surface area (Å²) in [4.78, 5) is 31.1. The maximum absolute atomic E-state index is 13.4. The number of aromatic nitrogens is 1. The van der Waals surface area contributed by atoms with E-state index in [1.807, 2.05) is 75.4 Å². The van der Waals surface area contributed by atoms with Crippen LogP contribution in [0.1, 0.15) is 44.3 Å². The minimum absolute atomic E-state index is 0.237. The molecule has 4 aromatic rings. The highest BCUT2D eigenvalue weighted by atomic mass is 79.9. The van der Waals surface area contributed by atoms with Crippen LogP contribution >= 0.6 is 15.9 Å². The van der Waals surface area contributed by atoms with Crippen LogP contribution in [0.25, 0.3) is 22.2 Å². The molecule has 0 amide bonds. The zero-order valence-corrected chi connectivity index (χ0v) is 20.6. The van der Waals surface area contributed by atoms with E-state index < -0.39 is 12.1 Å². The number of halogens is 1. The maximum Gasteiger partial charge on any atom is 0.339 e. The van der Waals surface area contributed by atoms with Crippen molar-refractivity contribution < 1.29 is 14.3 Å². The highest BCUT2D eigenvalue weighted by Gasteiger charge is 2.25. The molecule has 0 spiro atoms. The van der Waals surface area contributed by atoms with Gasteiger partial charge < -0.3 is 4.74 Å². The number of Topliss-reactive ketones (excluding diaryl/α,β-unsaturated/α-hetero) is 1. The zero-order chi connectivity index (χ0) is 23.7. The lowest BCUT2D eigenvalue weighted by Gasteiger charge is -2.17. The van der Waals surface area contributed by atoms with Gasteiger partial charge in [0.2, 0.25) is 5.78 Å². The molecular formula is C28H24BrNO3. The molecule has 3 aromatic carbocycles. The van der Waals surface area contributed by atoms with Gasteiger partial charge in [0.1, 0.15) is 0 Å². The number of hydrogen-bond acceptors (Lipinski definition) is 4. The van der Waals surface area contributed by atoms with E-state index in [9.17, 15) is 9.59 Å². The third-order valence-electron chi connectivity index (χ3n) is 5.71. The summed E-state index contributed by atoms with van der Waals surface area (Å²) in [5.74, 6) is -0.779. The van der Waals surface area contributed by atoms with Crippen LogP contribution in [0, 0.1) is 20.8 Å². The molecule has 0 radical (unpaired) electrons. The summed E-state index contributed by atoms with van der Waals surface area (Å²) < 4.78 is 6.52. The van der Waals surface area contributed by atoms with Crippen molar-refractivity contribution >= 4 is 38.6 Å². The molecule has 33 heavy (non-hydrogen) atoms. The number of rotatable bonds is 5. The van der Waals surface area contributed by atoms with Crippen molar-refractivity contribution in [1.82, 2.24) is 4.98 Å². The molecule has 0 aliphatic heterocycles. The fourth-order valence-corrected chi connectivity index (χ4v) is 4.17. The van der Waals surface area contributed by atoms with Gasteiger partial charge >= 0.3 is 5.97 Å². The molecule has 0 bridgehead atoms. The van der Waals surface area contributed by atoms with Crippen molar-refractivity contribution in [3.8, 4) is 11.3 Å². The lowest BCUT2D eigenvalue weighted by atomic mass is 9.97. The first-order valence-corrected chi connectivity index (χ1v) is 11.5. The van der Waals surface area contributed by atoms with Crippen molar-refractivity contribution in [3.05, 3.63) is 99.0 Å².